The van der Waals surface area contributed by atoms with Crippen molar-refractivity contribution in [1.29, 1.82) is 0 Å². The summed E-state index contributed by atoms with van der Waals surface area (Å²) in [6, 6.07) is 15.5. The molecule has 27 heavy (non-hydrogen) atoms. The summed E-state index contributed by atoms with van der Waals surface area (Å²) in [5.74, 6) is 1.52. The third-order valence-corrected chi connectivity index (χ3v) is 4.10. The van der Waals surface area contributed by atoms with Crippen molar-refractivity contribution in [2.24, 2.45) is 0 Å². The van der Waals surface area contributed by atoms with Gasteiger partial charge in [-0.2, -0.15) is 0 Å². The van der Waals surface area contributed by atoms with E-state index >= 15 is 0 Å². The molecule has 1 amide bonds. The smallest absolute Gasteiger partial charge is 0.222 e. The zero-order chi connectivity index (χ0) is 19.1. The Bertz CT molecular complexity index is 863. The van der Waals surface area contributed by atoms with Crippen LogP contribution >= 0.6 is 0 Å². The Morgan fingerprint density at radius 2 is 1.89 bits per heavy atom. The van der Waals surface area contributed by atoms with Crippen molar-refractivity contribution in [1.82, 2.24) is 9.88 Å². The van der Waals surface area contributed by atoms with Crippen molar-refractivity contribution >= 4 is 5.91 Å². The van der Waals surface area contributed by atoms with Crippen molar-refractivity contribution in [2.75, 3.05) is 20.2 Å². The highest BCUT2D eigenvalue weighted by atomic mass is 19.1. The topological polar surface area (TPSA) is 55.6 Å². The molecule has 5 nitrogen and oxygen atoms in total. The molecule has 1 aromatic heterocycles. The van der Waals surface area contributed by atoms with E-state index in [1.54, 1.807) is 30.3 Å². The van der Waals surface area contributed by atoms with E-state index in [0.29, 0.717) is 37.6 Å². The molecular formula is C21H21FN2O3. The fourth-order valence-electron chi connectivity index (χ4n) is 2.52. The summed E-state index contributed by atoms with van der Waals surface area (Å²) in [5, 5.41) is 0. The van der Waals surface area contributed by atoms with E-state index in [-0.39, 0.29) is 11.7 Å². The zero-order valence-corrected chi connectivity index (χ0v) is 15.1. The standard InChI is InChI=1S/C21H21FN2O3/c1-24(13-14-26-18-5-3-2-4-6-18)21(25)12-11-20-23-15-19(27-20)16-7-9-17(22)10-8-16/h2-10,15H,11-14H2,1H3. The molecule has 6 heteroatoms. The maximum absolute atomic E-state index is 13.0. The Kier molecular flexibility index (Phi) is 6.20. The molecule has 0 aliphatic heterocycles. The van der Waals surface area contributed by atoms with Gasteiger partial charge in [-0.25, -0.2) is 9.37 Å². The Balaban J connectivity index is 1.44. The van der Waals surface area contributed by atoms with E-state index in [1.165, 1.54) is 12.1 Å². The number of ether oxygens (including phenoxy) is 1. The predicted molar refractivity (Wildman–Crippen MR) is 99.8 cm³/mol. The van der Waals surface area contributed by atoms with Gasteiger partial charge in [-0.15, -0.1) is 0 Å². The van der Waals surface area contributed by atoms with Crippen LogP contribution in [0.25, 0.3) is 11.3 Å². The van der Waals surface area contributed by atoms with Gasteiger partial charge >= 0.3 is 0 Å². The van der Waals surface area contributed by atoms with Crippen molar-refractivity contribution in [2.45, 2.75) is 12.8 Å². The van der Waals surface area contributed by atoms with Crippen LogP contribution in [0, 0.1) is 5.82 Å². The number of hydrogen-bond donors (Lipinski definition) is 0. The molecule has 0 aliphatic rings. The van der Waals surface area contributed by atoms with Crippen LogP contribution in [-0.2, 0) is 11.2 Å². The highest BCUT2D eigenvalue weighted by molar-refractivity contribution is 5.76. The average Bonchev–Trinajstić information content (AvgIpc) is 3.16. The molecule has 0 saturated heterocycles. The quantitative estimate of drug-likeness (QED) is 0.604. The molecule has 0 bridgehead atoms. The first kappa shape index (κ1) is 18.6. The number of nitrogens with zero attached hydrogens (tertiary/aromatic N) is 2. The Hall–Kier alpha value is -3.15. The predicted octanol–water partition coefficient (Wildman–Crippen LogP) is 3.95. The minimum Gasteiger partial charge on any atom is -0.492 e. The van der Waals surface area contributed by atoms with Crippen LogP contribution in [0.2, 0.25) is 0 Å². The number of amides is 1. The molecular weight excluding hydrogens is 347 g/mol. The van der Waals surface area contributed by atoms with E-state index < -0.39 is 0 Å². The summed E-state index contributed by atoms with van der Waals surface area (Å²) in [7, 11) is 1.75. The second-order valence-electron chi connectivity index (χ2n) is 6.10. The Labute approximate surface area is 157 Å². The number of aromatic nitrogens is 1. The number of aryl methyl sites for hydroxylation is 1. The first-order valence-electron chi connectivity index (χ1n) is 8.74. The molecule has 0 spiro atoms. The fourth-order valence-corrected chi connectivity index (χ4v) is 2.52. The largest absolute Gasteiger partial charge is 0.492 e. The van der Waals surface area contributed by atoms with Crippen molar-refractivity contribution in [3.8, 4) is 17.1 Å². The number of hydrogen-bond acceptors (Lipinski definition) is 4. The van der Waals surface area contributed by atoms with E-state index in [0.717, 1.165) is 11.3 Å². The van der Waals surface area contributed by atoms with Crippen LogP contribution in [0.3, 0.4) is 0 Å². The number of benzene rings is 2. The normalized spacial score (nSPS) is 10.6. The van der Waals surface area contributed by atoms with Crippen molar-refractivity contribution in [3.63, 3.8) is 0 Å². The fraction of sp³-hybridized carbons (Fsp3) is 0.238. The lowest BCUT2D eigenvalue weighted by atomic mass is 10.2. The molecule has 0 fully saturated rings. The van der Waals surface area contributed by atoms with Crippen molar-refractivity contribution < 1.29 is 18.3 Å². The first-order valence-corrected chi connectivity index (χ1v) is 8.74. The summed E-state index contributed by atoms with van der Waals surface area (Å²) in [6.45, 7) is 0.931. The molecule has 3 rings (SSSR count). The van der Waals surface area contributed by atoms with Gasteiger partial charge in [-0.05, 0) is 36.4 Å². The van der Waals surface area contributed by atoms with Gasteiger partial charge in [0.25, 0.3) is 0 Å². The third kappa shape index (κ3) is 5.41. The van der Waals surface area contributed by atoms with Crippen LogP contribution in [0.1, 0.15) is 12.3 Å². The van der Waals surface area contributed by atoms with Gasteiger partial charge in [0, 0.05) is 25.5 Å². The molecule has 2 aromatic carbocycles. The monoisotopic (exact) mass is 368 g/mol. The SMILES string of the molecule is CN(CCOc1ccccc1)C(=O)CCc1ncc(-c2ccc(F)cc2)o1. The van der Waals surface area contributed by atoms with E-state index in [9.17, 15) is 9.18 Å². The maximum Gasteiger partial charge on any atom is 0.222 e. The minimum absolute atomic E-state index is 0.00630. The van der Waals surface area contributed by atoms with Gasteiger partial charge in [0.05, 0.1) is 12.7 Å². The van der Waals surface area contributed by atoms with Crippen molar-refractivity contribution in [3.05, 3.63) is 72.5 Å². The summed E-state index contributed by atoms with van der Waals surface area (Å²) in [5.41, 5.74) is 0.747. The molecule has 0 N–H and O–H groups in total. The van der Waals surface area contributed by atoms with Crippen LogP contribution in [-0.4, -0.2) is 36.0 Å². The van der Waals surface area contributed by atoms with E-state index in [2.05, 4.69) is 4.98 Å². The molecule has 0 atom stereocenters. The van der Waals surface area contributed by atoms with Gasteiger partial charge < -0.3 is 14.1 Å². The highest BCUT2D eigenvalue weighted by Crippen LogP contribution is 2.21. The van der Waals surface area contributed by atoms with Crippen LogP contribution < -0.4 is 4.74 Å². The molecule has 1 heterocycles. The zero-order valence-electron chi connectivity index (χ0n) is 15.1. The second-order valence-corrected chi connectivity index (χ2v) is 6.10. The van der Waals surface area contributed by atoms with Gasteiger partial charge in [0.15, 0.2) is 11.7 Å². The number of halogens is 1. The number of carbonyl (C=O) groups is 1. The molecule has 0 saturated carbocycles. The van der Waals surface area contributed by atoms with E-state index in [1.807, 2.05) is 30.3 Å². The summed E-state index contributed by atoms with van der Waals surface area (Å²) >= 11 is 0. The molecule has 0 radical (unpaired) electrons. The molecule has 3 aromatic rings. The summed E-state index contributed by atoms with van der Waals surface area (Å²) in [6.07, 6.45) is 2.29. The lowest BCUT2D eigenvalue weighted by molar-refractivity contribution is -0.130. The molecule has 0 aliphatic carbocycles. The van der Waals surface area contributed by atoms with Gasteiger partial charge in [-0.1, -0.05) is 18.2 Å². The number of rotatable bonds is 8. The molecule has 140 valence electrons. The minimum atomic E-state index is -0.302. The average molecular weight is 368 g/mol. The Morgan fingerprint density at radius 1 is 1.15 bits per heavy atom. The molecule has 0 unspecified atom stereocenters. The first-order chi connectivity index (χ1) is 13.1. The van der Waals surface area contributed by atoms with Crippen LogP contribution in [0.4, 0.5) is 4.39 Å². The number of likely N-dealkylation sites (N-methyl/N-ethyl adjacent to an activating group) is 1. The second kappa shape index (κ2) is 8.98. The Morgan fingerprint density at radius 3 is 2.63 bits per heavy atom. The lowest BCUT2D eigenvalue weighted by Gasteiger charge is -2.17. The summed E-state index contributed by atoms with van der Waals surface area (Å²) in [4.78, 5) is 18.1. The third-order valence-electron chi connectivity index (χ3n) is 4.10. The summed E-state index contributed by atoms with van der Waals surface area (Å²) < 4.78 is 24.2. The van der Waals surface area contributed by atoms with Crippen LogP contribution in [0.5, 0.6) is 5.75 Å². The number of oxazole rings is 1. The lowest BCUT2D eigenvalue weighted by Crippen LogP contribution is -2.31. The van der Waals surface area contributed by atoms with Gasteiger partial charge in [0.1, 0.15) is 18.2 Å². The van der Waals surface area contributed by atoms with Gasteiger partial charge in [-0.3, -0.25) is 4.79 Å². The number of carbonyl (C=O) groups excluding carboxylic acids is 1. The van der Waals surface area contributed by atoms with Crippen LogP contribution in [0.15, 0.2) is 65.2 Å². The van der Waals surface area contributed by atoms with Gasteiger partial charge in [0.2, 0.25) is 5.91 Å². The van der Waals surface area contributed by atoms with E-state index in [4.69, 9.17) is 9.15 Å². The maximum atomic E-state index is 13.0. The number of para-hydroxylation sites is 1. The highest BCUT2D eigenvalue weighted by Gasteiger charge is 2.12.